The van der Waals surface area contributed by atoms with Crippen LogP contribution in [-0.4, -0.2) is 58.5 Å². The van der Waals surface area contributed by atoms with Crippen molar-refractivity contribution in [3.63, 3.8) is 0 Å². The Morgan fingerprint density at radius 1 is 1.19 bits per heavy atom. The van der Waals surface area contributed by atoms with E-state index in [9.17, 15) is 0 Å². The number of hydrogen-bond acceptors (Lipinski definition) is 8. The van der Waals surface area contributed by atoms with E-state index in [1.165, 1.54) is 0 Å². The Morgan fingerprint density at radius 2 is 2.00 bits per heavy atom. The van der Waals surface area contributed by atoms with Crippen molar-refractivity contribution in [3.8, 4) is 17.0 Å². The van der Waals surface area contributed by atoms with Crippen molar-refractivity contribution < 1.29 is 9.26 Å². The highest BCUT2D eigenvalue weighted by Gasteiger charge is 2.31. The Balaban J connectivity index is 1.37. The van der Waals surface area contributed by atoms with Crippen LogP contribution < -0.4 is 9.64 Å². The van der Waals surface area contributed by atoms with Gasteiger partial charge in [0.15, 0.2) is 11.6 Å². The largest absolute Gasteiger partial charge is 0.496 e. The molecule has 0 bridgehead atoms. The average molecular weight is 366 g/mol. The third-order valence-electron chi connectivity index (χ3n) is 4.80. The molecule has 1 saturated heterocycles. The minimum absolute atomic E-state index is 0.424. The molecule has 27 heavy (non-hydrogen) atoms. The predicted octanol–water partition coefficient (Wildman–Crippen LogP) is 2.16. The number of methoxy groups -OCH3 is 1. The van der Waals surface area contributed by atoms with Gasteiger partial charge in [0.1, 0.15) is 5.75 Å². The van der Waals surface area contributed by atoms with E-state index in [-0.39, 0.29) is 0 Å². The number of ether oxygens (including phenoxy) is 1. The van der Waals surface area contributed by atoms with Crippen LogP contribution in [0.3, 0.4) is 0 Å². The van der Waals surface area contributed by atoms with Gasteiger partial charge in [-0.15, -0.1) is 10.2 Å². The molecule has 0 unspecified atom stereocenters. The van der Waals surface area contributed by atoms with E-state index < -0.39 is 0 Å². The monoisotopic (exact) mass is 366 g/mol. The number of benzene rings is 1. The second kappa shape index (κ2) is 7.32. The lowest BCUT2D eigenvalue weighted by Crippen LogP contribution is -2.58. The van der Waals surface area contributed by atoms with Crippen LogP contribution in [-0.2, 0) is 6.54 Å². The first kappa shape index (κ1) is 17.4. The van der Waals surface area contributed by atoms with E-state index in [0.717, 1.165) is 35.9 Å². The highest BCUT2D eigenvalue weighted by Crippen LogP contribution is 2.29. The number of nitrogens with zero attached hydrogens (tertiary/aromatic N) is 6. The Labute approximate surface area is 157 Å². The van der Waals surface area contributed by atoms with Crippen molar-refractivity contribution in [1.29, 1.82) is 0 Å². The maximum absolute atomic E-state index is 5.40. The predicted molar refractivity (Wildman–Crippen MR) is 101 cm³/mol. The number of anilines is 1. The summed E-state index contributed by atoms with van der Waals surface area (Å²) < 4.78 is 10.6. The van der Waals surface area contributed by atoms with Crippen LogP contribution >= 0.6 is 0 Å². The Hall–Kier alpha value is -3.00. The summed E-state index contributed by atoms with van der Waals surface area (Å²) in [6.45, 7) is 4.27. The van der Waals surface area contributed by atoms with Gasteiger partial charge in [0.05, 0.1) is 19.3 Å². The number of hydrogen-bond donors (Lipinski definition) is 0. The van der Waals surface area contributed by atoms with Crippen LogP contribution in [0.5, 0.6) is 5.75 Å². The van der Waals surface area contributed by atoms with Crippen molar-refractivity contribution in [2.24, 2.45) is 0 Å². The molecule has 4 rings (SSSR count). The molecule has 8 nitrogen and oxygen atoms in total. The minimum Gasteiger partial charge on any atom is -0.496 e. The van der Waals surface area contributed by atoms with Gasteiger partial charge in [0.2, 0.25) is 5.89 Å². The molecule has 0 saturated carbocycles. The number of aromatic nitrogens is 4. The fourth-order valence-electron chi connectivity index (χ4n) is 3.16. The third kappa shape index (κ3) is 3.61. The van der Waals surface area contributed by atoms with E-state index in [1.54, 1.807) is 7.11 Å². The van der Waals surface area contributed by atoms with Gasteiger partial charge in [-0.2, -0.15) is 4.98 Å². The van der Waals surface area contributed by atoms with Crippen molar-refractivity contribution in [2.75, 3.05) is 32.1 Å². The molecule has 1 fully saturated rings. The summed E-state index contributed by atoms with van der Waals surface area (Å²) >= 11 is 0. The van der Waals surface area contributed by atoms with Gasteiger partial charge in [-0.25, -0.2) is 0 Å². The molecule has 8 heteroatoms. The summed E-state index contributed by atoms with van der Waals surface area (Å²) in [6, 6.07) is 12.2. The van der Waals surface area contributed by atoms with Crippen LogP contribution in [0.15, 0.2) is 40.9 Å². The Kier molecular flexibility index (Phi) is 4.72. The van der Waals surface area contributed by atoms with Crippen LogP contribution in [0.25, 0.3) is 11.3 Å². The summed E-state index contributed by atoms with van der Waals surface area (Å²) in [5.74, 6) is 2.99. The molecule has 140 valence electrons. The maximum Gasteiger partial charge on any atom is 0.240 e. The van der Waals surface area contributed by atoms with Gasteiger partial charge in [0, 0.05) is 24.7 Å². The number of para-hydroxylation sites is 1. The summed E-state index contributed by atoms with van der Waals surface area (Å²) in [5.41, 5.74) is 1.74. The molecule has 3 aromatic rings. The number of likely N-dealkylation sites (N-methyl/N-ethyl adjacent to an activating group) is 1. The van der Waals surface area contributed by atoms with E-state index >= 15 is 0 Å². The molecule has 0 aliphatic carbocycles. The van der Waals surface area contributed by atoms with Gasteiger partial charge in [0.25, 0.3) is 0 Å². The lowest BCUT2D eigenvalue weighted by Gasteiger charge is -2.44. The van der Waals surface area contributed by atoms with Crippen molar-refractivity contribution in [1.82, 2.24) is 25.2 Å². The summed E-state index contributed by atoms with van der Waals surface area (Å²) in [6.07, 6.45) is 0. The molecule has 3 heterocycles. The van der Waals surface area contributed by atoms with Crippen LogP contribution in [0.4, 0.5) is 5.82 Å². The first-order valence-corrected chi connectivity index (χ1v) is 8.85. The van der Waals surface area contributed by atoms with Crippen molar-refractivity contribution in [2.45, 2.75) is 19.5 Å². The molecule has 0 amide bonds. The van der Waals surface area contributed by atoms with Gasteiger partial charge in [-0.3, -0.25) is 4.90 Å². The molecular formula is C19H22N6O2. The first-order chi connectivity index (χ1) is 13.1. The minimum atomic E-state index is 0.424. The normalized spacial score (nSPS) is 14.4. The zero-order valence-corrected chi connectivity index (χ0v) is 15.7. The highest BCUT2D eigenvalue weighted by molar-refractivity contribution is 5.67. The molecule has 1 aliphatic heterocycles. The molecule has 0 N–H and O–H groups in total. The molecule has 1 aromatic carbocycles. The number of aryl methyl sites for hydroxylation is 1. The van der Waals surface area contributed by atoms with Crippen molar-refractivity contribution in [3.05, 3.63) is 48.1 Å². The second-order valence-electron chi connectivity index (χ2n) is 6.69. The average Bonchev–Trinajstić information content (AvgIpc) is 3.05. The molecule has 2 aromatic heterocycles. The Morgan fingerprint density at radius 3 is 2.67 bits per heavy atom. The lowest BCUT2D eigenvalue weighted by molar-refractivity contribution is 0.174. The topological polar surface area (TPSA) is 80.4 Å². The SMILES string of the molecule is COc1ccccc1-c1ccc(N2CC(N(C)Cc3nc(C)no3)C2)nn1. The van der Waals surface area contributed by atoms with Crippen LogP contribution in [0.2, 0.25) is 0 Å². The molecule has 0 radical (unpaired) electrons. The maximum atomic E-state index is 5.40. The molecule has 0 atom stereocenters. The molecular weight excluding hydrogens is 344 g/mol. The van der Waals surface area contributed by atoms with Gasteiger partial charge in [-0.05, 0) is 38.2 Å². The fraction of sp³-hybridized carbons (Fsp3) is 0.368. The quantitative estimate of drug-likeness (QED) is 0.657. The molecule has 0 spiro atoms. The van der Waals surface area contributed by atoms with Crippen molar-refractivity contribution >= 4 is 5.82 Å². The van der Waals surface area contributed by atoms with Gasteiger partial charge >= 0.3 is 0 Å². The van der Waals surface area contributed by atoms with Crippen LogP contribution in [0, 0.1) is 6.92 Å². The zero-order chi connectivity index (χ0) is 18.8. The van der Waals surface area contributed by atoms with Gasteiger partial charge < -0.3 is 14.2 Å². The van der Waals surface area contributed by atoms with E-state index in [2.05, 4.69) is 37.2 Å². The highest BCUT2D eigenvalue weighted by atomic mass is 16.5. The Bertz CT molecular complexity index is 905. The zero-order valence-electron chi connectivity index (χ0n) is 15.7. The smallest absolute Gasteiger partial charge is 0.240 e. The van der Waals surface area contributed by atoms with E-state index in [1.807, 2.05) is 43.3 Å². The second-order valence-corrected chi connectivity index (χ2v) is 6.69. The summed E-state index contributed by atoms with van der Waals surface area (Å²) in [7, 11) is 3.73. The first-order valence-electron chi connectivity index (χ1n) is 8.85. The number of rotatable bonds is 6. The summed E-state index contributed by atoms with van der Waals surface area (Å²) in [5, 5.41) is 12.6. The summed E-state index contributed by atoms with van der Waals surface area (Å²) in [4.78, 5) is 8.69. The van der Waals surface area contributed by atoms with E-state index in [4.69, 9.17) is 9.26 Å². The van der Waals surface area contributed by atoms with Crippen LogP contribution in [0.1, 0.15) is 11.7 Å². The third-order valence-corrected chi connectivity index (χ3v) is 4.80. The lowest BCUT2D eigenvalue weighted by atomic mass is 10.1. The van der Waals surface area contributed by atoms with E-state index in [0.29, 0.717) is 24.3 Å². The standard InChI is InChI=1S/C19H22N6O2/c1-13-20-19(27-23-13)12-24(2)14-10-25(11-14)18-9-8-16(21-22-18)15-6-4-5-7-17(15)26-3/h4-9,14H,10-12H2,1-3H3. The fourth-order valence-corrected chi connectivity index (χ4v) is 3.16. The van der Waals surface area contributed by atoms with Gasteiger partial charge in [-0.1, -0.05) is 17.3 Å². The molecule has 1 aliphatic rings.